The van der Waals surface area contributed by atoms with Gasteiger partial charge in [-0.15, -0.1) is 0 Å². The number of halogens is 1. The number of aromatic hydroxyl groups is 1. The quantitative estimate of drug-likeness (QED) is 0.882. The van der Waals surface area contributed by atoms with Crippen molar-refractivity contribution in [3.05, 3.63) is 44.9 Å². The first-order chi connectivity index (χ1) is 9.65. The van der Waals surface area contributed by atoms with Crippen molar-refractivity contribution in [2.75, 3.05) is 13.2 Å². The molecule has 1 aromatic heterocycles. The van der Waals surface area contributed by atoms with Gasteiger partial charge in [0, 0.05) is 17.0 Å². The molecule has 6 heteroatoms. The number of benzene rings is 1. The Morgan fingerprint density at radius 1 is 1.45 bits per heavy atom. The Bertz CT molecular complexity index is 693. The van der Waals surface area contributed by atoms with Crippen molar-refractivity contribution >= 4 is 15.9 Å². The molecule has 2 aromatic rings. The Kier molecular flexibility index (Phi) is 3.58. The summed E-state index contributed by atoms with van der Waals surface area (Å²) < 4.78 is 6.11. The lowest BCUT2D eigenvalue weighted by Gasteiger charge is -2.09. The molecule has 1 atom stereocenters. The average Bonchev–Trinajstić information content (AvgIpc) is 2.91. The minimum atomic E-state index is -0.336. The van der Waals surface area contributed by atoms with Crippen LogP contribution in [0, 0.1) is 0 Å². The molecular weight excluding hydrogens is 324 g/mol. The van der Waals surface area contributed by atoms with Crippen LogP contribution in [0.2, 0.25) is 0 Å². The number of hydrogen-bond acceptors (Lipinski definition) is 4. The van der Waals surface area contributed by atoms with E-state index in [1.165, 1.54) is 0 Å². The van der Waals surface area contributed by atoms with E-state index in [-0.39, 0.29) is 22.9 Å². The smallest absolute Gasteiger partial charge is 0.262 e. The van der Waals surface area contributed by atoms with Crippen LogP contribution in [0.15, 0.2) is 33.5 Å². The zero-order valence-electron chi connectivity index (χ0n) is 10.6. The molecule has 0 saturated carbocycles. The van der Waals surface area contributed by atoms with Gasteiger partial charge >= 0.3 is 0 Å². The fourth-order valence-corrected chi connectivity index (χ4v) is 2.73. The van der Waals surface area contributed by atoms with Crippen LogP contribution in [0.4, 0.5) is 0 Å². The van der Waals surface area contributed by atoms with Gasteiger partial charge in [0.15, 0.2) is 0 Å². The Morgan fingerprint density at radius 3 is 2.95 bits per heavy atom. The maximum atomic E-state index is 12.2. The summed E-state index contributed by atoms with van der Waals surface area (Å²) in [6.45, 7) is 1.18. The predicted octanol–water partition coefficient (Wildman–Crippen LogP) is 2.41. The third-order valence-electron chi connectivity index (χ3n) is 3.35. The summed E-state index contributed by atoms with van der Waals surface area (Å²) in [6.07, 6.45) is 0.804. The molecule has 3 rings (SSSR count). The van der Waals surface area contributed by atoms with Crippen LogP contribution in [0.3, 0.4) is 0 Å². The monoisotopic (exact) mass is 336 g/mol. The zero-order valence-corrected chi connectivity index (χ0v) is 12.2. The number of nitrogens with one attached hydrogen (secondary N) is 1. The van der Waals surface area contributed by atoms with E-state index in [0.29, 0.717) is 24.6 Å². The van der Waals surface area contributed by atoms with Crippen molar-refractivity contribution in [1.82, 2.24) is 9.97 Å². The molecule has 20 heavy (non-hydrogen) atoms. The second kappa shape index (κ2) is 5.38. The fraction of sp³-hybridized carbons (Fsp3) is 0.286. The van der Waals surface area contributed by atoms with Gasteiger partial charge in [-0.25, -0.2) is 0 Å². The molecule has 0 bridgehead atoms. The van der Waals surface area contributed by atoms with Crippen molar-refractivity contribution in [2.45, 2.75) is 12.3 Å². The van der Waals surface area contributed by atoms with E-state index < -0.39 is 0 Å². The lowest BCUT2D eigenvalue weighted by Crippen LogP contribution is -2.16. The van der Waals surface area contributed by atoms with Crippen LogP contribution in [0.25, 0.3) is 11.1 Å². The van der Waals surface area contributed by atoms with Crippen LogP contribution in [0.1, 0.15) is 18.2 Å². The minimum Gasteiger partial charge on any atom is -0.493 e. The highest BCUT2D eigenvalue weighted by molar-refractivity contribution is 9.10. The number of ether oxygens (including phenoxy) is 1. The second-order valence-corrected chi connectivity index (χ2v) is 5.64. The minimum absolute atomic E-state index is 0.0464. The first-order valence-corrected chi connectivity index (χ1v) is 7.11. The summed E-state index contributed by atoms with van der Waals surface area (Å²) in [7, 11) is 0. The molecule has 1 saturated heterocycles. The molecule has 0 amide bonds. The van der Waals surface area contributed by atoms with Crippen molar-refractivity contribution in [3.8, 4) is 17.0 Å². The van der Waals surface area contributed by atoms with Gasteiger partial charge in [0.2, 0.25) is 5.88 Å². The van der Waals surface area contributed by atoms with E-state index in [1.54, 1.807) is 18.2 Å². The standard InChI is InChI=1S/C14H13BrN2O3/c15-10-3-1-2-8(6-10)11-13(18)16-12(17-14(11)19)9-4-5-20-7-9/h1-3,6,9H,4-5,7H2,(H2,16,17,18,19). The highest BCUT2D eigenvalue weighted by Gasteiger charge is 2.22. The molecule has 1 aliphatic heterocycles. The van der Waals surface area contributed by atoms with Gasteiger partial charge in [0.05, 0.1) is 6.61 Å². The normalized spacial score (nSPS) is 18.4. The van der Waals surface area contributed by atoms with E-state index in [0.717, 1.165) is 10.9 Å². The fourth-order valence-electron chi connectivity index (χ4n) is 2.33. The lowest BCUT2D eigenvalue weighted by atomic mass is 10.1. The van der Waals surface area contributed by atoms with E-state index in [4.69, 9.17) is 4.74 Å². The van der Waals surface area contributed by atoms with E-state index >= 15 is 0 Å². The maximum Gasteiger partial charge on any atom is 0.262 e. The summed E-state index contributed by atoms with van der Waals surface area (Å²) in [5.74, 6) is 0.294. The molecule has 1 unspecified atom stereocenters. The van der Waals surface area contributed by atoms with Gasteiger partial charge in [0.1, 0.15) is 11.4 Å². The molecule has 104 valence electrons. The predicted molar refractivity (Wildman–Crippen MR) is 77.8 cm³/mol. The summed E-state index contributed by atoms with van der Waals surface area (Å²) in [5, 5.41) is 10.1. The van der Waals surface area contributed by atoms with E-state index in [1.807, 2.05) is 6.07 Å². The van der Waals surface area contributed by atoms with Gasteiger partial charge < -0.3 is 14.8 Å². The Hall–Kier alpha value is -1.66. The SMILES string of the molecule is O=c1[nH]c(C2CCOC2)nc(O)c1-c1cccc(Br)c1. The summed E-state index contributed by atoms with van der Waals surface area (Å²) in [4.78, 5) is 19.1. The molecule has 1 aliphatic rings. The van der Waals surface area contributed by atoms with Gasteiger partial charge in [0.25, 0.3) is 5.56 Å². The molecule has 0 radical (unpaired) electrons. The molecule has 0 spiro atoms. The van der Waals surface area contributed by atoms with Gasteiger partial charge in [-0.1, -0.05) is 28.1 Å². The van der Waals surface area contributed by atoms with Crippen molar-refractivity contribution in [2.24, 2.45) is 0 Å². The van der Waals surface area contributed by atoms with Crippen LogP contribution >= 0.6 is 15.9 Å². The highest BCUT2D eigenvalue weighted by Crippen LogP contribution is 2.28. The number of nitrogens with zero attached hydrogens (tertiary/aromatic N) is 1. The van der Waals surface area contributed by atoms with E-state index in [2.05, 4.69) is 25.9 Å². The highest BCUT2D eigenvalue weighted by atomic mass is 79.9. The van der Waals surface area contributed by atoms with Crippen LogP contribution in [-0.4, -0.2) is 28.3 Å². The van der Waals surface area contributed by atoms with Crippen molar-refractivity contribution in [1.29, 1.82) is 0 Å². The molecule has 5 nitrogen and oxygen atoms in total. The number of H-pyrrole nitrogens is 1. The largest absolute Gasteiger partial charge is 0.493 e. The second-order valence-electron chi connectivity index (χ2n) is 4.72. The summed E-state index contributed by atoms with van der Waals surface area (Å²) in [5.41, 5.74) is 0.478. The Balaban J connectivity index is 2.07. The molecule has 2 heterocycles. The Morgan fingerprint density at radius 2 is 2.30 bits per heavy atom. The number of aromatic amines is 1. The lowest BCUT2D eigenvalue weighted by molar-refractivity contribution is 0.193. The Labute approximate surface area is 123 Å². The number of aromatic nitrogens is 2. The molecule has 2 N–H and O–H groups in total. The maximum absolute atomic E-state index is 12.2. The summed E-state index contributed by atoms with van der Waals surface area (Å²) >= 11 is 3.35. The molecule has 1 fully saturated rings. The van der Waals surface area contributed by atoms with E-state index in [9.17, 15) is 9.90 Å². The first kappa shape index (κ1) is 13.3. The average molecular weight is 337 g/mol. The van der Waals surface area contributed by atoms with Gasteiger partial charge in [-0.3, -0.25) is 4.79 Å². The topological polar surface area (TPSA) is 75.2 Å². The number of rotatable bonds is 2. The van der Waals surface area contributed by atoms with Gasteiger partial charge in [-0.2, -0.15) is 4.98 Å². The van der Waals surface area contributed by atoms with Crippen molar-refractivity contribution < 1.29 is 9.84 Å². The van der Waals surface area contributed by atoms with Crippen LogP contribution in [-0.2, 0) is 4.74 Å². The molecule has 1 aromatic carbocycles. The van der Waals surface area contributed by atoms with Gasteiger partial charge in [-0.05, 0) is 24.1 Å². The summed E-state index contributed by atoms with van der Waals surface area (Å²) in [6, 6.07) is 7.18. The third kappa shape index (κ3) is 2.48. The third-order valence-corrected chi connectivity index (χ3v) is 3.84. The first-order valence-electron chi connectivity index (χ1n) is 6.32. The van der Waals surface area contributed by atoms with Crippen molar-refractivity contribution in [3.63, 3.8) is 0 Å². The van der Waals surface area contributed by atoms with Crippen LogP contribution < -0.4 is 5.56 Å². The number of hydrogen-bond donors (Lipinski definition) is 2. The molecule has 0 aliphatic carbocycles. The molecular formula is C14H13BrN2O3. The zero-order chi connectivity index (χ0) is 14.1. The van der Waals surface area contributed by atoms with Crippen LogP contribution in [0.5, 0.6) is 5.88 Å².